The molecule has 0 radical (unpaired) electrons. The van der Waals surface area contributed by atoms with E-state index in [1.54, 1.807) is 0 Å². The maximum absolute atomic E-state index is 5.67. The van der Waals surface area contributed by atoms with Gasteiger partial charge < -0.3 is 5.73 Å². The summed E-state index contributed by atoms with van der Waals surface area (Å²) >= 11 is 0. The van der Waals surface area contributed by atoms with Crippen molar-refractivity contribution in [1.82, 2.24) is 14.7 Å². The summed E-state index contributed by atoms with van der Waals surface area (Å²) in [5, 5.41) is 4.37. The van der Waals surface area contributed by atoms with Gasteiger partial charge in [-0.25, -0.2) is 0 Å². The standard InChI is InChI=1S/C15H22N4/c1-12-7-15(19(3)17-12)11-18(2)10-14-6-4-5-13(8-14)9-16/h4-8H,9-11,16H2,1-3H3. The van der Waals surface area contributed by atoms with Crippen LogP contribution in [0.1, 0.15) is 22.5 Å². The Kier molecular flexibility index (Phi) is 4.35. The van der Waals surface area contributed by atoms with Gasteiger partial charge in [-0.1, -0.05) is 24.3 Å². The first-order valence-electron chi connectivity index (χ1n) is 6.54. The molecule has 0 aliphatic rings. The Morgan fingerprint density at radius 3 is 2.58 bits per heavy atom. The zero-order chi connectivity index (χ0) is 13.8. The van der Waals surface area contributed by atoms with Gasteiger partial charge in [0.1, 0.15) is 0 Å². The third-order valence-electron chi connectivity index (χ3n) is 3.21. The molecule has 0 amide bonds. The predicted molar refractivity (Wildman–Crippen MR) is 77.4 cm³/mol. The molecule has 2 N–H and O–H groups in total. The van der Waals surface area contributed by atoms with Gasteiger partial charge >= 0.3 is 0 Å². The molecule has 1 aromatic heterocycles. The fourth-order valence-corrected chi connectivity index (χ4v) is 2.31. The molecule has 19 heavy (non-hydrogen) atoms. The van der Waals surface area contributed by atoms with Gasteiger partial charge in [-0.05, 0) is 31.2 Å². The summed E-state index contributed by atoms with van der Waals surface area (Å²) < 4.78 is 1.95. The minimum atomic E-state index is 0.596. The molecule has 4 nitrogen and oxygen atoms in total. The van der Waals surface area contributed by atoms with Gasteiger partial charge in [0, 0.05) is 26.7 Å². The van der Waals surface area contributed by atoms with Gasteiger partial charge in [0.2, 0.25) is 0 Å². The largest absolute Gasteiger partial charge is 0.326 e. The van der Waals surface area contributed by atoms with Crippen molar-refractivity contribution in [3.8, 4) is 0 Å². The van der Waals surface area contributed by atoms with Crippen LogP contribution in [0, 0.1) is 6.92 Å². The summed E-state index contributed by atoms with van der Waals surface area (Å²) in [5.74, 6) is 0. The number of hydrogen-bond acceptors (Lipinski definition) is 3. The van der Waals surface area contributed by atoms with Crippen LogP contribution in [0.5, 0.6) is 0 Å². The highest BCUT2D eigenvalue weighted by Gasteiger charge is 2.06. The third-order valence-corrected chi connectivity index (χ3v) is 3.21. The van der Waals surface area contributed by atoms with E-state index in [0.29, 0.717) is 6.54 Å². The molecule has 0 unspecified atom stereocenters. The van der Waals surface area contributed by atoms with E-state index in [1.165, 1.54) is 16.8 Å². The average molecular weight is 258 g/mol. The summed E-state index contributed by atoms with van der Waals surface area (Å²) in [6.45, 7) is 4.43. The lowest BCUT2D eigenvalue weighted by Crippen LogP contribution is -2.19. The maximum Gasteiger partial charge on any atom is 0.0597 e. The zero-order valence-electron chi connectivity index (χ0n) is 11.9. The van der Waals surface area contributed by atoms with Crippen LogP contribution in [0.15, 0.2) is 30.3 Å². The van der Waals surface area contributed by atoms with Crippen LogP contribution in [0.3, 0.4) is 0 Å². The first kappa shape index (κ1) is 13.8. The van der Waals surface area contributed by atoms with Crippen molar-refractivity contribution in [2.75, 3.05) is 7.05 Å². The van der Waals surface area contributed by atoms with E-state index in [1.807, 2.05) is 18.7 Å². The summed E-state index contributed by atoms with van der Waals surface area (Å²) in [5.41, 5.74) is 10.4. The number of rotatable bonds is 5. The van der Waals surface area contributed by atoms with Crippen LogP contribution < -0.4 is 5.73 Å². The number of aromatic nitrogens is 2. The van der Waals surface area contributed by atoms with E-state index in [0.717, 1.165) is 18.8 Å². The van der Waals surface area contributed by atoms with E-state index >= 15 is 0 Å². The quantitative estimate of drug-likeness (QED) is 0.890. The van der Waals surface area contributed by atoms with Crippen molar-refractivity contribution in [3.63, 3.8) is 0 Å². The highest BCUT2D eigenvalue weighted by Crippen LogP contribution is 2.10. The maximum atomic E-state index is 5.67. The van der Waals surface area contributed by atoms with Crippen molar-refractivity contribution in [2.45, 2.75) is 26.6 Å². The lowest BCUT2D eigenvalue weighted by Gasteiger charge is -2.17. The van der Waals surface area contributed by atoms with Crippen molar-refractivity contribution >= 4 is 0 Å². The molecule has 2 rings (SSSR count). The highest BCUT2D eigenvalue weighted by molar-refractivity contribution is 5.23. The molecule has 4 heteroatoms. The van der Waals surface area contributed by atoms with Crippen LogP contribution in [-0.2, 0) is 26.7 Å². The number of benzene rings is 1. The van der Waals surface area contributed by atoms with Crippen LogP contribution in [-0.4, -0.2) is 21.7 Å². The van der Waals surface area contributed by atoms with Crippen LogP contribution in [0.2, 0.25) is 0 Å². The van der Waals surface area contributed by atoms with Crippen molar-refractivity contribution < 1.29 is 0 Å². The van der Waals surface area contributed by atoms with E-state index in [2.05, 4.69) is 47.4 Å². The number of hydrogen-bond donors (Lipinski definition) is 1. The number of aryl methyl sites for hydroxylation is 2. The second-order valence-corrected chi connectivity index (χ2v) is 5.10. The summed E-state index contributed by atoms with van der Waals surface area (Å²) in [6, 6.07) is 10.6. The molecule has 0 saturated carbocycles. The molecule has 0 aliphatic heterocycles. The van der Waals surface area contributed by atoms with E-state index in [4.69, 9.17) is 5.73 Å². The van der Waals surface area contributed by atoms with Gasteiger partial charge in [0.25, 0.3) is 0 Å². The molecule has 0 bridgehead atoms. The minimum absolute atomic E-state index is 0.596. The molecule has 1 aromatic carbocycles. The smallest absolute Gasteiger partial charge is 0.0597 e. The van der Waals surface area contributed by atoms with Crippen LogP contribution in [0.4, 0.5) is 0 Å². The van der Waals surface area contributed by atoms with Gasteiger partial charge in [0.05, 0.1) is 11.4 Å². The average Bonchev–Trinajstić information content (AvgIpc) is 2.68. The minimum Gasteiger partial charge on any atom is -0.326 e. The lowest BCUT2D eigenvalue weighted by molar-refractivity contribution is 0.309. The second-order valence-electron chi connectivity index (χ2n) is 5.10. The van der Waals surface area contributed by atoms with E-state index < -0.39 is 0 Å². The first-order valence-corrected chi connectivity index (χ1v) is 6.54. The molecular formula is C15H22N4. The fourth-order valence-electron chi connectivity index (χ4n) is 2.31. The summed E-state index contributed by atoms with van der Waals surface area (Å²) in [7, 11) is 4.11. The number of nitrogens with two attached hydrogens (primary N) is 1. The molecule has 0 aliphatic carbocycles. The summed E-state index contributed by atoms with van der Waals surface area (Å²) in [6.07, 6.45) is 0. The Bertz CT molecular complexity index is 545. The van der Waals surface area contributed by atoms with Crippen molar-refractivity contribution in [3.05, 3.63) is 52.8 Å². The van der Waals surface area contributed by atoms with E-state index in [-0.39, 0.29) is 0 Å². The highest BCUT2D eigenvalue weighted by atomic mass is 15.3. The van der Waals surface area contributed by atoms with Crippen molar-refractivity contribution in [1.29, 1.82) is 0 Å². The zero-order valence-corrected chi connectivity index (χ0v) is 11.9. The van der Waals surface area contributed by atoms with Gasteiger partial charge in [-0.3, -0.25) is 9.58 Å². The molecule has 1 heterocycles. The Balaban J connectivity index is 2.00. The Morgan fingerprint density at radius 2 is 1.95 bits per heavy atom. The molecule has 0 atom stereocenters. The topological polar surface area (TPSA) is 47.1 Å². The van der Waals surface area contributed by atoms with Crippen LogP contribution >= 0.6 is 0 Å². The van der Waals surface area contributed by atoms with Crippen molar-refractivity contribution in [2.24, 2.45) is 12.8 Å². The van der Waals surface area contributed by atoms with E-state index in [9.17, 15) is 0 Å². The van der Waals surface area contributed by atoms with Gasteiger partial charge in [-0.15, -0.1) is 0 Å². The Morgan fingerprint density at radius 1 is 1.21 bits per heavy atom. The summed E-state index contributed by atoms with van der Waals surface area (Å²) in [4.78, 5) is 2.28. The lowest BCUT2D eigenvalue weighted by atomic mass is 10.1. The predicted octanol–water partition coefficient (Wildman–Crippen LogP) is 1.82. The molecule has 0 spiro atoms. The Hall–Kier alpha value is -1.65. The normalized spacial score (nSPS) is 11.2. The molecule has 0 fully saturated rings. The monoisotopic (exact) mass is 258 g/mol. The molecule has 102 valence electrons. The first-order chi connectivity index (χ1) is 9.08. The van der Waals surface area contributed by atoms with Gasteiger partial charge in [-0.2, -0.15) is 5.10 Å². The number of nitrogens with zero attached hydrogens (tertiary/aromatic N) is 3. The van der Waals surface area contributed by atoms with Crippen LogP contribution in [0.25, 0.3) is 0 Å². The molecule has 0 saturated heterocycles. The van der Waals surface area contributed by atoms with Gasteiger partial charge in [0.15, 0.2) is 0 Å². The Labute approximate surface area is 114 Å². The SMILES string of the molecule is Cc1cc(CN(C)Cc2cccc(CN)c2)n(C)n1. The second kappa shape index (κ2) is 5.99. The fraction of sp³-hybridized carbons (Fsp3) is 0.400. The molecule has 2 aromatic rings. The third kappa shape index (κ3) is 3.66. The molecular weight excluding hydrogens is 236 g/mol.